The topological polar surface area (TPSA) is 81.2 Å². The van der Waals surface area contributed by atoms with Crippen LogP contribution in [0.5, 0.6) is 0 Å². The van der Waals surface area contributed by atoms with Gasteiger partial charge in [0.25, 0.3) is 0 Å². The van der Waals surface area contributed by atoms with Crippen LogP contribution in [0.2, 0.25) is 0 Å². The molecular weight excluding hydrogens is 339 g/mol. The smallest absolute Gasteiger partial charge is 0.408 e. The third-order valence-corrected chi connectivity index (χ3v) is 3.32. The minimum atomic E-state index is -4.50. The number of carbonyl (C=O) groups excluding carboxylic acids is 1. The van der Waals surface area contributed by atoms with Crippen molar-refractivity contribution in [2.45, 2.75) is 52.3 Å². The minimum Gasteiger partial charge on any atom is -0.461 e. The van der Waals surface area contributed by atoms with Gasteiger partial charge in [0.1, 0.15) is 6.04 Å². The highest BCUT2D eigenvalue weighted by molar-refractivity contribution is 5.76. The Labute approximate surface area is 142 Å². The summed E-state index contributed by atoms with van der Waals surface area (Å²) in [4.78, 5) is 15.9. The normalized spacial score (nSPS) is 13.7. The van der Waals surface area contributed by atoms with Crippen molar-refractivity contribution < 1.29 is 26.9 Å². The molecule has 2 aromatic heterocycles. The largest absolute Gasteiger partial charge is 0.461 e. The third kappa shape index (κ3) is 5.91. The maximum atomic E-state index is 13.1. The van der Waals surface area contributed by atoms with Crippen LogP contribution in [-0.2, 0) is 11.2 Å². The number of aromatic nitrogens is 2. The SMILES string of the molecule is CC(C)(C)C[C@H](NC(=O)CCc1nc(-c2ccco2)no1)C(F)(F)F. The molecule has 0 radical (unpaired) electrons. The summed E-state index contributed by atoms with van der Waals surface area (Å²) in [5, 5.41) is 5.74. The molecule has 2 heterocycles. The van der Waals surface area contributed by atoms with Crippen LogP contribution >= 0.6 is 0 Å². The molecule has 0 aliphatic rings. The van der Waals surface area contributed by atoms with E-state index in [2.05, 4.69) is 10.1 Å². The zero-order chi connectivity index (χ0) is 18.7. The average Bonchev–Trinajstić information content (AvgIpc) is 3.13. The van der Waals surface area contributed by atoms with E-state index in [0.29, 0.717) is 5.76 Å². The third-order valence-electron chi connectivity index (χ3n) is 3.32. The van der Waals surface area contributed by atoms with Crippen LogP contribution in [0.25, 0.3) is 11.6 Å². The second-order valence-corrected chi connectivity index (χ2v) is 6.92. The van der Waals surface area contributed by atoms with Crippen molar-refractivity contribution in [1.82, 2.24) is 15.5 Å². The van der Waals surface area contributed by atoms with Crippen LogP contribution in [-0.4, -0.2) is 28.3 Å². The Kier molecular flexibility index (Phi) is 5.54. The highest BCUT2D eigenvalue weighted by Gasteiger charge is 2.42. The summed E-state index contributed by atoms with van der Waals surface area (Å²) in [5.41, 5.74) is -0.572. The van der Waals surface area contributed by atoms with Gasteiger partial charge in [0.05, 0.1) is 6.26 Å². The molecule has 0 bridgehead atoms. The number of halogens is 3. The summed E-state index contributed by atoms with van der Waals surface area (Å²) in [5.74, 6) is 0.0633. The summed E-state index contributed by atoms with van der Waals surface area (Å²) >= 11 is 0. The van der Waals surface area contributed by atoms with Gasteiger partial charge in [-0.3, -0.25) is 4.79 Å². The molecule has 2 rings (SSSR count). The van der Waals surface area contributed by atoms with Gasteiger partial charge < -0.3 is 14.3 Å². The molecule has 0 saturated heterocycles. The standard InChI is InChI=1S/C16H20F3N3O3/c1-15(2,3)9-11(16(17,18)19)20-12(23)6-7-13-21-14(22-25-13)10-5-4-8-24-10/h4-5,8,11H,6-7,9H2,1-3H3,(H,20,23)/t11-/m0/s1. The van der Waals surface area contributed by atoms with Crippen molar-refractivity contribution in [2.24, 2.45) is 5.41 Å². The first-order valence-electron chi connectivity index (χ1n) is 7.77. The van der Waals surface area contributed by atoms with E-state index in [4.69, 9.17) is 8.94 Å². The highest BCUT2D eigenvalue weighted by atomic mass is 19.4. The second kappa shape index (κ2) is 7.28. The van der Waals surface area contributed by atoms with Gasteiger partial charge in [-0.1, -0.05) is 25.9 Å². The van der Waals surface area contributed by atoms with Gasteiger partial charge in [-0.05, 0) is 24.0 Å². The Morgan fingerprint density at radius 3 is 2.60 bits per heavy atom. The first kappa shape index (κ1) is 19.0. The molecule has 0 aliphatic carbocycles. The van der Waals surface area contributed by atoms with E-state index < -0.39 is 23.5 Å². The molecular formula is C16H20F3N3O3. The second-order valence-electron chi connectivity index (χ2n) is 6.92. The van der Waals surface area contributed by atoms with Crippen LogP contribution in [0, 0.1) is 5.41 Å². The van der Waals surface area contributed by atoms with E-state index in [1.54, 1.807) is 32.9 Å². The molecule has 0 aliphatic heterocycles. The van der Waals surface area contributed by atoms with E-state index in [9.17, 15) is 18.0 Å². The first-order valence-corrected chi connectivity index (χ1v) is 7.77. The van der Waals surface area contributed by atoms with Crippen LogP contribution in [0.4, 0.5) is 13.2 Å². The van der Waals surface area contributed by atoms with Crippen molar-refractivity contribution >= 4 is 5.91 Å². The maximum Gasteiger partial charge on any atom is 0.408 e. The molecule has 6 nitrogen and oxygen atoms in total. The van der Waals surface area contributed by atoms with Crippen molar-refractivity contribution in [1.29, 1.82) is 0 Å². The summed E-state index contributed by atoms with van der Waals surface area (Å²) in [6.45, 7) is 5.06. The van der Waals surface area contributed by atoms with E-state index in [0.717, 1.165) is 0 Å². The molecule has 0 fully saturated rings. The van der Waals surface area contributed by atoms with Crippen LogP contribution < -0.4 is 5.32 Å². The number of carbonyl (C=O) groups is 1. The lowest BCUT2D eigenvalue weighted by Gasteiger charge is -2.28. The molecule has 1 atom stereocenters. The number of furan rings is 1. The fraction of sp³-hybridized carbons (Fsp3) is 0.562. The number of alkyl halides is 3. The maximum absolute atomic E-state index is 13.1. The number of nitrogens with zero attached hydrogens (tertiary/aromatic N) is 2. The molecule has 2 aromatic rings. The summed E-state index contributed by atoms with van der Waals surface area (Å²) in [6.07, 6.45) is -3.40. The number of aryl methyl sites for hydroxylation is 1. The Morgan fingerprint density at radius 2 is 2.04 bits per heavy atom. The molecule has 0 saturated carbocycles. The van der Waals surface area contributed by atoms with Gasteiger partial charge in [0.15, 0.2) is 5.76 Å². The lowest BCUT2D eigenvalue weighted by molar-refractivity contribution is -0.167. The van der Waals surface area contributed by atoms with E-state index in [1.165, 1.54) is 6.26 Å². The van der Waals surface area contributed by atoms with Crippen LogP contribution in [0.3, 0.4) is 0 Å². The van der Waals surface area contributed by atoms with E-state index >= 15 is 0 Å². The van der Waals surface area contributed by atoms with Crippen LogP contribution in [0.1, 0.15) is 39.5 Å². The Bertz CT molecular complexity index is 688. The number of nitrogens with one attached hydrogen (secondary N) is 1. The number of hydrogen-bond donors (Lipinski definition) is 1. The molecule has 138 valence electrons. The Hall–Kier alpha value is -2.32. The van der Waals surface area contributed by atoms with Crippen molar-refractivity contribution in [3.8, 4) is 11.6 Å². The zero-order valence-electron chi connectivity index (χ0n) is 14.2. The summed E-state index contributed by atoms with van der Waals surface area (Å²) in [6, 6.07) is 1.41. The van der Waals surface area contributed by atoms with Gasteiger partial charge in [-0.25, -0.2) is 0 Å². The molecule has 25 heavy (non-hydrogen) atoms. The Morgan fingerprint density at radius 1 is 1.32 bits per heavy atom. The highest BCUT2D eigenvalue weighted by Crippen LogP contribution is 2.30. The number of rotatable bonds is 6. The van der Waals surface area contributed by atoms with Gasteiger partial charge in [0.2, 0.25) is 17.6 Å². The molecule has 0 spiro atoms. The molecule has 0 unspecified atom stereocenters. The van der Waals surface area contributed by atoms with E-state index in [-0.39, 0.29) is 31.0 Å². The fourth-order valence-electron chi connectivity index (χ4n) is 2.21. The molecule has 1 N–H and O–H groups in total. The minimum absolute atomic E-state index is 0.0413. The molecule has 1 amide bonds. The quantitative estimate of drug-likeness (QED) is 0.850. The monoisotopic (exact) mass is 359 g/mol. The fourth-order valence-corrected chi connectivity index (χ4v) is 2.21. The Balaban J connectivity index is 1.90. The van der Waals surface area contributed by atoms with Gasteiger partial charge >= 0.3 is 6.18 Å². The van der Waals surface area contributed by atoms with Crippen molar-refractivity contribution in [3.63, 3.8) is 0 Å². The number of hydrogen-bond acceptors (Lipinski definition) is 5. The number of amides is 1. The average molecular weight is 359 g/mol. The first-order chi connectivity index (χ1) is 11.5. The lowest BCUT2D eigenvalue weighted by atomic mass is 9.88. The van der Waals surface area contributed by atoms with Crippen molar-refractivity contribution in [2.75, 3.05) is 0 Å². The van der Waals surface area contributed by atoms with Gasteiger partial charge in [-0.2, -0.15) is 18.2 Å². The zero-order valence-corrected chi connectivity index (χ0v) is 14.2. The summed E-state index contributed by atoms with van der Waals surface area (Å²) < 4.78 is 49.3. The lowest BCUT2D eigenvalue weighted by Crippen LogP contribution is -2.47. The predicted octanol–water partition coefficient (Wildman–Crippen LogP) is 3.75. The predicted molar refractivity (Wildman–Crippen MR) is 82.4 cm³/mol. The molecule has 9 heteroatoms. The molecule has 0 aromatic carbocycles. The van der Waals surface area contributed by atoms with Gasteiger partial charge in [-0.15, -0.1) is 0 Å². The van der Waals surface area contributed by atoms with Crippen molar-refractivity contribution in [3.05, 3.63) is 24.3 Å². The van der Waals surface area contributed by atoms with Crippen LogP contribution in [0.15, 0.2) is 27.3 Å². The van der Waals surface area contributed by atoms with E-state index in [1.807, 2.05) is 5.32 Å². The summed E-state index contributed by atoms with van der Waals surface area (Å²) in [7, 11) is 0. The van der Waals surface area contributed by atoms with Gasteiger partial charge in [0, 0.05) is 12.8 Å².